The summed E-state index contributed by atoms with van der Waals surface area (Å²) >= 11 is 0. The second-order valence-corrected chi connectivity index (χ2v) is 10.2. The van der Waals surface area contributed by atoms with Crippen molar-refractivity contribution in [1.82, 2.24) is 4.98 Å². The van der Waals surface area contributed by atoms with E-state index >= 15 is 0 Å². The Morgan fingerprint density at radius 2 is 0.975 bits per heavy atom. The lowest BCUT2D eigenvalue weighted by molar-refractivity contribution is 0.0882. The molecule has 0 saturated carbocycles. The number of Topliss-reactive ketones (excluding diaryl/α,β-unsaturated/α-hetero) is 2. The predicted octanol–water partition coefficient (Wildman–Crippen LogP) is 6.50. The molecule has 0 radical (unpaired) electrons. The Hall–Kier alpha value is -5.49. The van der Waals surface area contributed by atoms with E-state index in [9.17, 15) is 19.2 Å². The van der Waals surface area contributed by atoms with Gasteiger partial charge < -0.3 is 0 Å². The molecule has 0 unspecified atom stereocenters. The molecule has 6 nitrogen and oxygen atoms in total. The van der Waals surface area contributed by atoms with E-state index in [4.69, 9.17) is 4.98 Å². The number of ketones is 2. The largest absolute Gasteiger partial charge is 0.293 e. The molecule has 1 aromatic heterocycles. The van der Waals surface area contributed by atoms with Gasteiger partial charge in [0.05, 0.1) is 28.0 Å². The number of imide groups is 1. The van der Waals surface area contributed by atoms with Crippen LogP contribution < -0.4 is 4.90 Å². The molecule has 1 aliphatic carbocycles. The van der Waals surface area contributed by atoms with Gasteiger partial charge in [0, 0.05) is 16.5 Å². The number of amides is 2. The van der Waals surface area contributed by atoms with Crippen molar-refractivity contribution in [2.75, 3.05) is 4.90 Å². The number of rotatable bonds is 2. The van der Waals surface area contributed by atoms with E-state index < -0.39 is 17.7 Å². The van der Waals surface area contributed by atoms with Crippen LogP contribution in [0.1, 0.15) is 53.0 Å². The summed E-state index contributed by atoms with van der Waals surface area (Å²) < 4.78 is 0. The number of hydrogen-bond donors (Lipinski definition) is 0. The molecule has 0 fully saturated rings. The van der Waals surface area contributed by atoms with Crippen molar-refractivity contribution in [3.05, 3.63) is 131 Å². The fourth-order valence-electron chi connectivity index (χ4n) is 5.98. The summed E-state index contributed by atoms with van der Waals surface area (Å²) in [5, 5.41) is 4.19. The van der Waals surface area contributed by atoms with E-state index in [-0.39, 0.29) is 17.3 Å². The lowest BCUT2D eigenvalue weighted by atomic mass is 9.98. The summed E-state index contributed by atoms with van der Waals surface area (Å²) in [5.41, 5.74) is 2.42. The van der Waals surface area contributed by atoms with E-state index in [1.165, 1.54) is 0 Å². The van der Waals surface area contributed by atoms with Crippen molar-refractivity contribution in [2.24, 2.45) is 0 Å². The number of benzene rings is 5. The zero-order chi connectivity index (χ0) is 27.1. The van der Waals surface area contributed by atoms with E-state index in [2.05, 4.69) is 0 Å². The van der Waals surface area contributed by atoms with Crippen LogP contribution in [0.4, 0.5) is 5.69 Å². The van der Waals surface area contributed by atoms with Gasteiger partial charge in [-0.1, -0.05) is 66.7 Å². The Bertz CT molecular complexity index is 2050. The summed E-state index contributed by atoms with van der Waals surface area (Å²) in [4.78, 5) is 60.1. The zero-order valence-electron chi connectivity index (χ0n) is 20.9. The summed E-state index contributed by atoms with van der Waals surface area (Å²) in [5.74, 6) is -2.56. The number of pyridine rings is 1. The highest BCUT2D eigenvalue weighted by Crippen LogP contribution is 2.39. The standard InChI is InChI=1S/C34H18N2O4/c37-31-23-14-19-6-1-2-7-20(19)15-24(23)32(38)29(31)27-13-12-18-10-5-11-28(30(18)35-27)36-33(39)25-16-21-8-3-4-9-22(21)17-26(25)34(36)40/h1-17,29H. The highest BCUT2D eigenvalue weighted by atomic mass is 16.2. The van der Waals surface area contributed by atoms with Gasteiger partial charge in [-0.05, 0) is 57.9 Å². The van der Waals surface area contributed by atoms with Gasteiger partial charge in [0.25, 0.3) is 11.8 Å². The minimum absolute atomic E-state index is 0.289. The van der Waals surface area contributed by atoms with E-state index in [1.807, 2.05) is 54.6 Å². The van der Waals surface area contributed by atoms with E-state index in [0.29, 0.717) is 38.8 Å². The highest BCUT2D eigenvalue weighted by molar-refractivity contribution is 6.37. The van der Waals surface area contributed by atoms with Gasteiger partial charge in [0.1, 0.15) is 5.92 Å². The van der Waals surface area contributed by atoms with Gasteiger partial charge >= 0.3 is 0 Å². The number of carbonyl (C=O) groups excluding carboxylic acids is 4. The van der Waals surface area contributed by atoms with Gasteiger partial charge in [-0.15, -0.1) is 0 Å². The van der Waals surface area contributed by atoms with Gasteiger partial charge in [-0.2, -0.15) is 0 Å². The van der Waals surface area contributed by atoms with Crippen LogP contribution in [0, 0.1) is 0 Å². The molecule has 0 bridgehead atoms. The minimum atomic E-state index is -1.09. The Morgan fingerprint density at radius 1 is 0.500 bits per heavy atom. The van der Waals surface area contributed by atoms with E-state index in [1.54, 1.807) is 48.5 Å². The zero-order valence-corrected chi connectivity index (χ0v) is 20.9. The molecule has 1 aliphatic heterocycles. The maximum atomic E-state index is 13.6. The fraction of sp³-hybridized carbons (Fsp3) is 0.0294. The average molecular weight is 519 g/mol. The van der Waals surface area contributed by atoms with Gasteiger partial charge in [0.2, 0.25) is 0 Å². The van der Waals surface area contributed by atoms with Crippen LogP contribution in [0.5, 0.6) is 0 Å². The highest BCUT2D eigenvalue weighted by Gasteiger charge is 2.42. The molecular weight excluding hydrogens is 500 g/mol. The molecule has 2 amide bonds. The van der Waals surface area contributed by atoms with Crippen molar-refractivity contribution in [3.63, 3.8) is 0 Å². The predicted molar refractivity (Wildman–Crippen MR) is 152 cm³/mol. The number of hydrogen-bond acceptors (Lipinski definition) is 5. The van der Waals surface area contributed by atoms with Crippen LogP contribution in [0.15, 0.2) is 103 Å². The van der Waals surface area contributed by atoms with Gasteiger partial charge in [-0.3, -0.25) is 19.2 Å². The summed E-state index contributed by atoms with van der Waals surface area (Å²) in [7, 11) is 0. The molecule has 0 N–H and O–H groups in total. The second kappa shape index (κ2) is 8.01. The first kappa shape index (κ1) is 22.5. The quantitative estimate of drug-likeness (QED) is 0.193. The lowest BCUT2D eigenvalue weighted by Crippen LogP contribution is -2.29. The normalized spacial score (nSPS) is 15.1. The van der Waals surface area contributed by atoms with Crippen LogP contribution in [-0.4, -0.2) is 28.4 Å². The fourth-order valence-corrected chi connectivity index (χ4v) is 5.98. The molecule has 0 atom stereocenters. The lowest BCUT2D eigenvalue weighted by Gasteiger charge is -2.17. The molecule has 8 rings (SSSR count). The number of para-hydroxylation sites is 1. The number of aromatic nitrogens is 1. The molecule has 0 saturated heterocycles. The monoisotopic (exact) mass is 518 g/mol. The molecule has 6 aromatic rings. The third-order valence-corrected chi connectivity index (χ3v) is 7.95. The van der Waals surface area contributed by atoms with Crippen LogP contribution in [0.2, 0.25) is 0 Å². The van der Waals surface area contributed by atoms with Crippen molar-refractivity contribution in [3.8, 4) is 0 Å². The average Bonchev–Trinajstić information content (AvgIpc) is 3.37. The molecule has 2 heterocycles. The summed E-state index contributed by atoms with van der Waals surface area (Å²) in [6.07, 6.45) is 0. The van der Waals surface area contributed by atoms with Crippen molar-refractivity contribution in [1.29, 1.82) is 0 Å². The first-order valence-corrected chi connectivity index (χ1v) is 12.9. The number of nitrogens with zero attached hydrogens (tertiary/aromatic N) is 2. The van der Waals surface area contributed by atoms with Crippen molar-refractivity contribution in [2.45, 2.75) is 5.92 Å². The maximum absolute atomic E-state index is 13.6. The molecular formula is C34H18N2O4. The third kappa shape index (κ3) is 3.01. The molecule has 5 aromatic carbocycles. The topological polar surface area (TPSA) is 84.4 Å². The van der Waals surface area contributed by atoms with Crippen LogP contribution >= 0.6 is 0 Å². The molecule has 188 valence electrons. The van der Waals surface area contributed by atoms with Crippen LogP contribution in [-0.2, 0) is 0 Å². The first-order valence-electron chi connectivity index (χ1n) is 12.9. The first-order chi connectivity index (χ1) is 19.5. The van der Waals surface area contributed by atoms with Crippen LogP contribution in [0.3, 0.4) is 0 Å². The molecule has 0 spiro atoms. The summed E-state index contributed by atoms with van der Waals surface area (Å²) in [6, 6.07) is 30.9. The van der Waals surface area contributed by atoms with Gasteiger partial charge in [0.15, 0.2) is 11.6 Å². The van der Waals surface area contributed by atoms with Gasteiger partial charge in [-0.25, -0.2) is 9.88 Å². The number of carbonyl (C=O) groups is 4. The maximum Gasteiger partial charge on any atom is 0.266 e. The second-order valence-electron chi connectivity index (χ2n) is 10.2. The number of anilines is 1. The smallest absolute Gasteiger partial charge is 0.266 e. The number of fused-ring (bicyclic) bond motifs is 5. The Labute approximate surface area is 227 Å². The summed E-state index contributed by atoms with van der Waals surface area (Å²) in [6.45, 7) is 0. The molecule has 6 heteroatoms. The third-order valence-electron chi connectivity index (χ3n) is 7.95. The van der Waals surface area contributed by atoms with Crippen LogP contribution in [0.25, 0.3) is 32.4 Å². The van der Waals surface area contributed by atoms with E-state index in [0.717, 1.165) is 26.4 Å². The Balaban J connectivity index is 1.25. The molecule has 40 heavy (non-hydrogen) atoms. The van der Waals surface area contributed by atoms with Crippen molar-refractivity contribution < 1.29 is 19.2 Å². The SMILES string of the molecule is O=C1c2cc3ccccc3cc2C(=O)C1c1ccc2cccc(N3C(=O)c4cc5ccccc5cc4C3=O)c2n1. The Morgan fingerprint density at radius 3 is 1.50 bits per heavy atom. The van der Waals surface area contributed by atoms with Crippen molar-refractivity contribution >= 4 is 61.5 Å². The molecule has 2 aliphatic rings. The minimum Gasteiger partial charge on any atom is -0.293 e. The Kier molecular flexibility index (Phi) is 4.50.